The summed E-state index contributed by atoms with van der Waals surface area (Å²) in [4.78, 5) is 11.7. The molecule has 0 atom stereocenters. The predicted octanol–water partition coefficient (Wildman–Crippen LogP) is 2.78. The zero-order valence-electron chi connectivity index (χ0n) is 9.33. The fourth-order valence-corrected chi connectivity index (χ4v) is 1.81. The highest BCUT2D eigenvalue weighted by Gasteiger charge is 2.14. The Morgan fingerprint density at radius 2 is 2.11 bits per heavy atom. The van der Waals surface area contributed by atoms with Crippen molar-refractivity contribution in [1.29, 1.82) is 0 Å². The van der Waals surface area contributed by atoms with Gasteiger partial charge < -0.3 is 0 Å². The second-order valence-electron chi connectivity index (χ2n) is 3.71. The lowest BCUT2D eigenvalue weighted by atomic mass is 10.2. The van der Waals surface area contributed by atoms with E-state index in [1.807, 2.05) is 0 Å². The summed E-state index contributed by atoms with van der Waals surface area (Å²) in [5, 5.41) is 4.29. The van der Waals surface area contributed by atoms with Gasteiger partial charge in [0.2, 0.25) is 0 Å². The minimum absolute atomic E-state index is 0.259. The van der Waals surface area contributed by atoms with Crippen molar-refractivity contribution in [3.63, 3.8) is 0 Å². The van der Waals surface area contributed by atoms with Crippen LogP contribution >= 0.6 is 11.6 Å². The molecule has 0 radical (unpaired) electrons. The Morgan fingerprint density at radius 3 is 2.84 bits per heavy atom. The number of rotatable bonds is 2. The first kappa shape index (κ1) is 11.9. The van der Waals surface area contributed by atoms with Crippen LogP contribution in [0.15, 0.2) is 30.9 Å². The number of fused-ring (bicyclic) bond motifs is 1. The fraction of sp³-hybridized carbons (Fsp3) is 0.0909. The van der Waals surface area contributed by atoms with Crippen molar-refractivity contribution in [2.75, 3.05) is 0 Å². The number of hydrogen-bond acceptors (Lipinski definition) is 4. The number of alkyl halides is 2. The van der Waals surface area contributed by atoms with Crippen molar-refractivity contribution in [1.82, 2.24) is 24.6 Å². The molecule has 3 rings (SSSR count). The Morgan fingerprint density at radius 1 is 1.26 bits per heavy atom. The highest BCUT2D eigenvalue weighted by Crippen LogP contribution is 2.24. The van der Waals surface area contributed by atoms with Crippen LogP contribution in [0, 0.1) is 0 Å². The quantitative estimate of drug-likeness (QED) is 0.678. The van der Waals surface area contributed by atoms with Gasteiger partial charge >= 0.3 is 0 Å². The van der Waals surface area contributed by atoms with Gasteiger partial charge in [-0.1, -0.05) is 11.6 Å². The van der Waals surface area contributed by atoms with Crippen LogP contribution in [0.1, 0.15) is 12.1 Å². The maximum Gasteiger partial charge on any atom is 0.280 e. The first-order chi connectivity index (χ1) is 9.15. The molecule has 0 aliphatic carbocycles. The van der Waals surface area contributed by atoms with Crippen molar-refractivity contribution in [2.24, 2.45) is 0 Å². The van der Waals surface area contributed by atoms with Gasteiger partial charge in [-0.3, -0.25) is 0 Å². The summed E-state index contributed by atoms with van der Waals surface area (Å²) in [6.45, 7) is 0. The summed E-state index contributed by atoms with van der Waals surface area (Å²) in [5.74, 6) is 0. The number of nitrogens with zero attached hydrogens (tertiary/aromatic N) is 5. The van der Waals surface area contributed by atoms with E-state index in [1.54, 1.807) is 0 Å². The molecule has 0 amide bonds. The van der Waals surface area contributed by atoms with Crippen LogP contribution in [0.5, 0.6) is 0 Å². The standard InChI is InChI=1S/C11H6ClF2N5/c12-9-3-8(15-5-16-9)6-4-17-19-2-1-7(10(13)14)18-11(6)19/h1-5,10H. The molecular weight excluding hydrogens is 276 g/mol. The Kier molecular flexibility index (Phi) is 2.83. The van der Waals surface area contributed by atoms with Crippen LogP contribution in [0.4, 0.5) is 8.78 Å². The summed E-state index contributed by atoms with van der Waals surface area (Å²) in [7, 11) is 0. The molecule has 0 bridgehead atoms. The maximum absolute atomic E-state index is 12.7. The van der Waals surface area contributed by atoms with E-state index in [2.05, 4.69) is 20.1 Å². The van der Waals surface area contributed by atoms with E-state index >= 15 is 0 Å². The van der Waals surface area contributed by atoms with Gasteiger partial charge in [-0.15, -0.1) is 0 Å². The topological polar surface area (TPSA) is 56.0 Å². The molecule has 19 heavy (non-hydrogen) atoms. The number of hydrogen-bond donors (Lipinski definition) is 0. The monoisotopic (exact) mass is 281 g/mol. The molecule has 0 aliphatic rings. The molecule has 8 heteroatoms. The molecule has 0 unspecified atom stereocenters. The summed E-state index contributed by atoms with van der Waals surface area (Å²) in [6, 6.07) is 2.75. The van der Waals surface area contributed by atoms with Gasteiger partial charge in [0.25, 0.3) is 6.43 Å². The lowest BCUT2D eigenvalue weighted by Crippen LogP contribution is -1.96. The summed E-state index contributed by atoms with van der Waals surface area (Å²) in [5.41, 5.74) is 0.989. The Bertz CT molecular complexity index is 743. The zero-order valence-corrected chi connectivity index (χ0v) is 10.1. The third kappa shape index (κ3) is 2.12. The van der Waals surface area contributed by atoms with Gasteiger partial charge in [-0.25, -0.2) is 28.2 Å². The highest BCUT2D eigenvalue weighted by molar-refractivity contribution is 6.29. The molecule has 0 aliphatic heterocycles. The average Bonchev–Trinajstić information content (AvgIpc) is 2.81. The molecule has 0 aromatic carbocycles. The van der Waals surface area contributed by atoms with Gasteiger partial charge in [0.05, 0.1) is 17.5 Å². The van der Waals surface area contributed by atoms with Crippen LogP contribution in [0.25, 0.3) is 16.9 Å². The number of halogens is 3. The van der Waals surface area contributed by atoms with Crippen LogP contribution < -0.4 is 0 Å². The summed E-state index contributed by atoms with van der Waals surface area (Å²) < 4.78 is 26.7. The maximum atomic E-state index is 12.7. The van der Waals surface area contributed by atoms with Crippen molar-refractivity contribution < 1.29 is 8.78 Å². The zero-order chi connectivity index (χ0) is 13.4. The molecule has 5 nitrogen and oxygen atoms in total. The SMILES string of the molecule is FC(F)c1ccn2ncc(-c3cc(Cl)ncn3)c2n1. The van der Waals surface area contributed by atoms with E-state index in [4.69, 9.17) is 11.6 Å². The van der Waals surface area contributed by atoms with Crippen molar-refractivity contribution in [2.45, 2.75) is 6.43 Å². The fourth-order valence-electron chi connectivity index (χ4n) is 1.67. The normalized spacial score (nSPS) is 11.4. The Labute approximate surface area is 110 Å². The van der Waals surface area contributed by atoms with Gasteiger partial charge in [0, 0.05) is 12.3 Å². The van der Waals surface area contributed by atoms with Crippen LogP contribution in [0.2, 0.25) is 5.15 Å². The molecule has 3 heterocycles. The van der Waals surface area contributed by atoms with Gasteiger partial charge in [-0.2, -0.15) is 5.10 Å². The van der Waals surface area contributed by atoms with Crippen LogP contribution in [-0.4, -0.2) is 24.6 Å². The highest BCUT2D eigenvalue weighted by atomic mass is 35.5. The molecular formula is C11H6ClF2N5. The largest absolute Gasteiger partial charge is 0.280 e. The minimum Gasteiger partial charge on any atom is -0.236 e. The number of aromatic nitrogens is 5. The minimum atomic E-state index is -2.64. The molecule has 96 valence electrons. The van der Waals surface area contributed by atoms with E-state index in [-0.39, 0.29) is 10.8 Å². The lowest BCUT2D eigenvalue weighted by molar-refractivity contribution is 0.146. The lowest BCUT2D eigenvalue weighted by Gasteiger charge is -2.01. The van der Waals surface area contributed by atoms with E-state index in [0.29, 0.717) is 16.9 Å². The van der Waals surface area contributed by atoms with E-state index < -0.39 is 6.43 Å². The first-order valence-electron chi connectivity index (χ1n) is 5.25. The first-order valence-corrected chi connectivity index (χ1v) is 5.63. The van der Waals surface area contributed by atoms with Crippen molar-refractivity contribution >= 4 is 17.2 Å². The molecule has 3 aromatic rings. The molecule has 0 saturated heterocycles. The predicted molar refractivity (Wildman–Crippen MR) is 64.0 cm³/mol. The smallest absolute Gasteiger partial charge is 0.236 e. The van der Waals surface area contributed by atoms with E-state index in [0.717, 1.165) is 0 Å². The molecule has 3 aromatic heterocycles. The van der Waals surface area contributed by atoms with Crippen molar-refractivity contribution in [3.05, 3.63) is 41.7 Å². The van der Waals surface area contributed by atoms with Crippen LogP contribution in [0.3, 0.4) is 0 Å². The van der Waals surface area contributed by atoms with E-state index in [1.165, 1.54) is 35.4 Å². The van der Waals surface area contributed by atoms with Gasteiger partial charge in [-0.05, 0) is 6.07 Å². The molecule has 0 N–H and O–H groups in total. The van der Waals surface area contributed by atoms with E-state index in [9.17, 15) is 8.78 Å². The average molecular weight is 282 g/mol. The molecule has 0 spiro atoms. The second kappa shape index (κ2) is 4.51. The Balaban J connectivity index is 2.21. The van der Waals surface area contributed by atoms with Crippen molar-refractivity contribution in [3.8, 4) is 11.3 Å². The Hall–Kier alpha value is -2.15. The molecule has 0 fully saturated rings. The summed E-state index contributed by atoms with van der Waals surface area (Å²) in [6.07, 6.45) is 1.58. The molecule has 0 saturated carbocycles. The second-order valence-corrected chi connectivity index (χ2v) is 4.09. The van der Waals surface area contributed by atoms with Crippen LogP contribution in [-0.2, 0) is 0 Å². The summed E-state index contributed by atoms with van der Waals surface area (Å²) >= 11 is 5.78. The third-order valence-corrected chi connectivity index (χ3v) is 2.73. The third-order valence-electron chi connectivity index (χ3n) is 2.52. The van der Waals surface area contributed by atoms with Gasteiger partial charge in [0.15, 0.2) is 5.65 Å². The van der Waals surface area contributed by atoms with Gasteiger partial charge in [0.1, 0.15) is 17.2 Å².